The number of ether oxygens (including phenoxy) is 3. The molecule has 0 spiro atoms. The highest BCUT2D eigenvalue weighted by atomic mass is 16.7. The molecule has 1 fully saturated rings. The summed E-state index contributed by atoms with van der Waals surface area (Å²) >= 11 is 0. The molecule has 2 rings (SSSR count). The fourth-order valence-corrected chi connectivity index (χ4v) is 2.85. The van der Waals surface area contributed by atoms with Gasteiger partial charge in [0.2, 0.25) is 0 Å². The molecular formula is C14H20N2O6. The van der Waals surface area contributed by atoms with Crippen LogP contribution in [-0.4, -0.2) is 34.5 Å². The van der Waals surface area contributed by atoms with Crippen LogP contribution in [0, 0.1) is 5.92 Å². The molecule has 0 aliphatic carbocycles. The lowest BCUT2D eigenvalue weighted by Gasteiger charge is -2.30. The topological polar surface area (TPSA) is 99.6 Å². The highest BCUT2D eigenvalue weighted by molar-refractivity contribution is 5.66. The monoisotopic (exact) mass is 312 g/mol. The number of nitrogens with one attached hydrogen (secondary N) is 1. The van der Waals surface area contributed by atoms with E-state index in [1.165, 1.54) is 30.9 Å². The Kier molecular flexibility index (Phi) is 4.52. The Bertz CT molecular complexity index is 660. The van der Waals surface area contributed by atoms with Gasteiger partial charge in [0.15, 0.2) is 18.1 Å². The quantitative estimate of drug-likeness (QED) is 0.807. The molecule has 4 atom stereocenters. The van der Waals surface area contributed by atoms with Gasteiger partial charge in [-0.3, -0.25) is 19.1 Å². The summed E-state index contributed by atoms with van der Waals surface area (Å²) in [6, 6.07) is 1.21. The molecule has 122 valence electrons. The molecular weight excluding hydrogens is 292 g/mol. The van der Waals surface area contributed by atoms with Crippen molar-refractivity contribution in [3.05, 3.63) is 33.1 Å². The number of rotatable bonds is 4. The van der Waals surface area contributed by atoms with Crippen LogP contribution < -0.4 is 11.2 Å². The zero-order valence-corrected chi connectivity index (χ0v) is 13.0. The SMILES string of the molecule is CC[C@@]1(OC)O[C@@H](n2ccc(=O)[nH]c2=O)[C@H](OC(C)=O)[C@@H]1C. The van der Waals surface area contributed by atoms with Gasteiger partial charge in [0, 0.05) is 26.3 Å². The van der Waals surface area contributed by atoms with Crippen molar-refractivity contribution in [3.8, 4) is 0 Å². The Labute approximate surface area is 127 Å². The molecule has 22 heavy (non-hydrogen) atoms. The summed E-state index contributed by atoms with van der Waals surface area (Å²) in [5, 5.41) is 0. The van der Waals surface area contributed by atoms with Gasteiger partial charge in [0.05, 0.1) is 5.92 Å². The first-order chi connectivity index (χ1) is 10.3. The Morgan fingerprint density at radius 2 is 2.18 bits per heavy atom. The lowest BCUT2D eigenvalue weighted by atomic mass is 9.94. The number of H-pyrrole nitrogens is 1. The van der Waals surface area contributed by atoms with E-state index in [0.29, 0.717) is 6.42 Å². The standard InChI is InChI=1S/C14H20N2O6/c1-5-14(20-4)8(2)11(21-9(3)17)12(22-14)16-7-6-10(18)15-13(16)19/h6-8,11-12H,5H2,1-4H3,(H,15,18,19)/t8-,11+,12+,14+/m0/s1. The lowest BCUT2D eigenvalue weighted by molar-refractivity contribution is -0.242. The highest BCUT2D eigenvalue weighted by Crippen LogP contribution is 2.44. The van der Waals surface area contributed by atoms with E-state index in [2.05, 4.69) is 4.98 Å². The fraction of sp³-hybridized carbons (Fsp3) is 0.643. The van der Waals surface area contributed by atoms with Crippen molar-refractivity contribution in [1.82, 2.24) is 9.55 Å². The highest BCUT2D eigenvalue weighted by Gasteiger charge is 2.55. The number of hydrogen-bond acceptors (Lipinski definition) is 6. The third-order valence-corrected chi connectivity index (χ3v) is 4.05. The summed E-state index contributed by atoms with van der Waals surface area (Å²) in [4.78, 5) is 36.7. The summed E-state index contributed by atoms with van der Waals surface area (Å²) in [6.45, 7) is 5.00. The molecule has 8 heteroatoms. The molecule has 0 aromatic carbocycles. The molecule has 8 nitrogen and oxygen atoms in total. The van der Waals surface area contributed by atoms with Gasteiger partial charge in [-0.2, -0.15) is 0 Å². The zero-order chi connectivity index (χ0) is 16.5. The van der Waals surface area contributed by atoms with Crippen LogP contribution >= 0.6 is 0 Å². The maximum atomic E-state index is 12.0. The molecule has 1 aliphatic heterocycles. The molecule has 1 N–H and O–H groups in total. The first-order valence-electron chi connectivity index (χ1n) is 7.06. The van der Waals surface area contributed by atoms with E-state index < -0.39 is 35.3 Å². The van der Waals surface area contributed by atoms with Gasteiger partial charge in [-0.05, 0) is 6.42 Å². The number of carbonyl (C=O) groups is 1. The predicted octanol–water partition coefficient (Wildman–Crippen LogP) is 0.386. The van der Waals surface area contributed by atoms with Crippen molar-refractivity contribution in [2.24, 2.45) is 5.92 Å². The van der Waals surface area contributed by atoms with Crippen LogP contribution in [0.4, 0.5) is 0 Å². The number of aromatic amines is 1. The maximum Gasteiger partial charge on any atom is 0.330 e. The number of nitrogens with zero attached hydrogens (tertiary/aromatic N) is 1. The minimum absolute atomic E-state index is 0.296. The van der Waals surface area contributed by atoms with Crippen molar-refractivity contribution in [2.45, 2.75) is 45.3 Å². The molecule has 0 bridgehead atoms. The Morgan fingerprint density at radius 1 is 1.50 bits per heavy atom. The van der Waals surface area contributed by atoms with Crippen LogP contribution in [0.15, 0.2) is 21.9 Å². The number of hydrogen-bond donors (Lipinski definition) is 1. The van der Waals surface area contributed by atoms with E-state index in [4.69, 9.17) is 14.2 Å². The lowest BCUT2D eigenvalue weighted by Crippen LogP contribution is -2.39. The van der Waals surface area contributed by atoms with Crippen molar-refractivity contribution in [3.63, 3.8) is 0 Å². The number of esters is 1. The fourth-order valence-electron chi connectivity index (χ4n) is 2.85. The molecule has 0 saturated carbocycles. The van der Waals surface area contributed by atoms with Crippen LogP contribution in [-0.2, 0) is 19.0 Å². The number of aromatic nitrogens is 2. The Balaban J connectivity index is 2.49. The summed E-state index contributed by atoms with van der Waals surface area (Å²) in [5.74, 6) is -1.75. The Hall–Kier alpha value is -1.93. The molecule has 1 saturated heterocycles. The summed E-state index contributed by atoms with van der Waals surface area (Å²) in [7, 11) is 1.50. The van der Waals surface area contributed by atoms with Gasteiger partial charge in [0.25, 0.3) is 5.56 Å². The molecule has 2 heterocycles. The van der Waals surface area contributed by atoms with Crippen LogP contribution in [0.5, 0.6) is 0 Å². The molecule has 1 aromatic rings. The third-order valence-electron chi connectivity index (χ3n) is 4.05. The van der Waals surface area contributed by atoms with Gasteiger partial charge in [0.1, 0.15) is 0 Å². The number of carbonyl (C=O) groups excluding carboxylic acids is 1. The van der Waals surface area contributed by atoms with E-state index in [9.17, 15) is 14.4 Å². The van der Waals surface area contributed by atoms with Gasteiger partial charge in [-0.25, -0.2) is 4.79 Å². The molecule has 0 radical (unpaired) electrons. The molecule has 1 aromatic heterocycles. The first-order valence-corrected chi connectivity index (χ1v) is 7.06. The second-order valence-electron chi connectivity index (χ2n) is 5.26. The van der Waals surface area contributed by atoms with E-state index in [1.807, 2.05) is 13.8 Å². The minimum atomic E-state index is -0.972. The van der Waals surface area contributed by atoms with Crippen LogP contribution in [0.1, 0.15) is 33.4 Å². The average molecular weight is 312 g/mol. The summed E-state index contributed by atoms with van der Waals surface area (Å²) in [5.41, 5.74) is -1.14. The largest absolute Gasteiger partial charge is 0.457 e. The van der Waals surface area contributed by atoms with E-state index >= 15 is 0 Å². The zero-order valence-electron chi connectivity index (χ0n) is 13.0. The smallest absolute Gasteiger partial charge is 0.330 e. The van der Waals surface area contributed by atoms with Gasteiger partial charge >= 0.3 is 11.7 Å². The van der Waals surface area contributed by atoms with E-state index in [0.717, 1.165) is 0 Å². The van der Waals surface area contributed by atoms with Crippen molar-refractivity contribution in [1.29, 1.82) is 0 Å². The van der Waals surface area contributed by atoms with Crippen LogP contribution in [0.2, 0.25) is 0 Å². The second-order valence-corrected chi connectivity index (χ2v) is 5.26. The second kappa shape index (κ2) is 6.05. The summed E-state index contributed by atoms with van der Waals surface area (Å²) < 4.78 is 17.9. The van der Waals surface area contributed by atoms with Crippen LogP contribution in [0.3, 0.4) is 0 Å². The maximum absolute atomic E-state index is 12.0. The molecule has 1 aliphatic rings. The van der Waals surface area contributed by atoms with Crippen LogP contribution in [0.25, 0.3) is 0 Å². The summed E-state index contributed by atoms with van der Waals surface area (Å²) in [6.07, 6.45) is 0.247. The average Bonchev–Trinajstić information content (AvgIpc) is 2.73. The predicted molar refractivity (Wildman–Crippen MR) is 76.2 cm³/mol. The van der Waals surface area contributed by atoms with Gasteiger partial charge in [-0.1, -0.05) is 13.8 Å². The molecule has 0 unspecified atom stereocenters. The minimum Gasteiger partial charge on any atom is -0.457 e. The normalized spacial score (nSPS) is 31.2. The van der Waals surface area contributed by atoms with Crippen molar-refractivity contribution < 1.29 is 19.0 Å². The third kappa shape index (κ3) is 2.71. The first kappa shape index (κ1) is 16.4. The van der Waals surface area contributed by atoms with Crippen molar-refractivity contribution in [2.75, 3.05) is 7.11 Å². The van der Waals surface area contributed by atoms with E-state index in [1.54, 1.807) is 0 Å². The van der Waals surface area contributed by atoms with Gasteiger partial charge in [-0.15, -0.1) is 0 Å². The number of methoxy groups -OCH3 is 1. The van der Waals surface area contributed by atoms with Gasteiger partial charge < -0.3 is 14.2 Å². The molecule has 0 amide bonds. The van der Waals surface area contributed by atoms with Crippen molar-refractivity contribution >= 4 is 5.97 Å². The van der Waals surface area contributed by atoms with E-state index in [-0.39, 0.29) is 5.92 Å². The Morgan fingerprint density at radius 3 is 2.68 bits per heavy atom.